The predicted octanol–water partition coefficient (Wildman–Crippen LogP) is 1.75. The van der Waals surface area contributed by atoms with Crippen LogP contribution in [0.25, 0.3) is 0 Å². The van der Waals surface area contributed by atoms with E-state index in [4.69, 9.17) is 5.26 Å². The van der Waals surface area contributed by atoms with Crippen LogP contribution in [0.15, 0.2) is 42.9 Å². The van der Waals surface area contributed by atoms with Crippen molar-refractivity contribution < 1.29 is 0 Å². The van der Waals surface area contributed by atoms with Crippen LogP contribution in [0.1, 0.15) is 16.8 Å². The lowest BCUT2D eigenvalue weighted by molar-refractivity contribution is 1.26. The lowest BCUT2D eigenvalue weighted by Crippen LogP contribution is -1.83. The fraction of sp³-hybridized carbons (Fsp3) is 0. The minimum atomic E-state index is 0.537. The van der Waals surface area contributed by atoms with Gasteiger partial charge in [0, 0.05) is 24.2 Å². The summed E-state index contributed by atoms with van der Waals surface area (Å²) in [7, 11) is 0. The van der Waals surface area contributed by atoms with E-state index in [1.165, 1.54) is 6.20 Å². The van der Waals surface area contributed by atoms with Gasteiger partial charge in [0.1, 0.15) is 11.8 Å². The molecule has 2 aromatic rings. The van der Waals surface area contributed by atoms with E-state index in [1.54, 1.807) is 24.5 Å². The first-order valence-corrected chi connectivity index (χ1v) is 4.67. The van der Waals surface area contributed by atoms with Crippen LogP contribution in [0.3, 0.4) is 0 Å². The van der Waals surface area contributed by atoms with E-state index in [2.05, 4.69) is 21.8 Å². The Balaban J connectivity index is 2.22. The Hall–Kier alpha value is -2.65. The fourth-order valence-corrected chi connectivity index (χ4v) is 1.11. The summed E-state index contributed by atoms with van der Waals surface area (Å²) in [5.41, 5.74) is 2.08. The van der Waals surface area contributed by atoms with Gasteiger partial charge in [-0.05, 0) is 30.2 Å². The molecule has 0 aliphatic rings. The van der Waals surface area contributed by atoms with Crippen LogP contribution in [0.2, 0.25) is 0 Å². The molecule has 2 rings (SSSR count). The van der Waals surface area contributed by atoms with Gasteiger partial charge in [0.2, 0.25) is 0 Å². The molecule has 0 unspecified atom stereocenters. The first-order valence-electron chi connectivity index (χ1n) is 4.67. The van der Waals surface area contributed by atoms with Gasteiger partial charge in [-0.25, -0.2) is 4.98 Å². The summed E-state index contributed by atoms with van der Waals surface area (Å²) in [5.74, 6) is 5.88. The van der Waals surface area contributed by atoms with Gasteiger partial charge in [-0.1, -0.05) is 5.92 Å². The summed E-state index contributed by atoms with van der Waals surface area (Å²) < 4.78 is 0. The number of nitrogens with zero attached hydrogens (tertiary/aromatic N) is 3. The normalized spacial score (nSPS) is 8.69. The Kier molecular flexibility index (Phi) is 2.92. The Morgan fingerprint density at radius 2 is 1.75 bits per heavy atom. The predicted molar refractivity (Wildman–Crippen MR) is 59.2 cm³/mol. The molecule has 0 aliphatic carbocycles. The summed E-state index contributed by atoms with van der Waals surface area (Å²) in [5, 5.41) is 8.60. The van der Waals surface area contributed by atoms with Crippen LogP contribution in [0.5, 0.6) is 0 Å². The second-order valence-corrected chi connectivity index (χ2v) is 3.03. The van der Waals surface area contributed by atoms with E-state index in [9.17, 15) is 0 Å². The van der Waals surface area contributed by atoms with Crippen LogP contribution in [0.4, 0.5) is 0 Å². The van der Waals surface area contributed by atoms with Gasteiger partial charge in [0.05, 0.1) is 5.56 Å². The van der Waals surface area contributed by atoms with Crippen LogP contribution in [-0.4, -0.2) is 9.97 Å². The molecule has 16 heavy (non-hydrogen) atoms. The van der Waals surface area contributed by atoms with Crippen molar-refractivity contribution in [2.24, 2.45) is 0 Å². The van der Waals surface area contributed by atoms with Gasteiger partial charge in [-0.2, -0.15) is 5.26 Å². The molecule has 74 valence electrons. The Morgan fingerprint density at radius 1 is 0.938 bits per heavy atom. The Labute approximate surface area is 93.4 Å². The number of rotatable bonds is 0. The van der Waals surface area contributed by atoms with E-state index >= 15 is 0 Å². The standard InChI is InChI=1S/C13H7N3/c14-9-12-2-4-13(16-10-12)3-1-11-5-7-15-8-6-11/h2,4-8,10H. The van der Waals surface area contributed by atoms with E-state index in [1.807, 2.05) is 18.2 Å². The molecule has 0 spiro atoms. The maximum atomic E-state index is 8.60. The molecule has 0 aromatic carbocycles. The number of hydrogen-bond acceptors (Lipinski definition) is 3. The monoisotopic (exact) mass is 205 g/mol. The molecule has 0 aliphatic heterocycles. The molecule has 3 heteroatoms. The average Bonchev–Trinajstić information content (AvgIpc) is 2.38. The molecule has 0 radical (unpaired) electrons. The van der Waals surface area contributed by atoms with Crippen molar-refractivity contribution in [3.8, 4) is 17.9 Å². The van der Waals surface area contributed by atoms with Gasteiger partial charge in [0.15, 0.2) is 0 Å². The second kappa shape index (κ2) is 4.72. The van der Waals surface area contributed by atoms with Crippen molar-refractivity contribution in [1.29, 1.82) is 5.26 Å². The lowest BCUT2D eigenvalue weighted by atomic mass is 10.2. The maximum Gasteiger partial charge on any atom is 0.113 e. The van der Waals surface area contributed by atoms with Gasteiger partial charge in [-0.3, -0.25) is 4.98 Å². The second-order valence-electron chi connectivity index (χ2n) is 3.03. The highest BCUT2D eigenvalue weighted by Gasteiger charge is 1.90. The molecular formula is C13H7N3. The van der Waals surface area contributed by atoms with E-state index in [0.717, 1.165) is 5.56 Å². The molecule has 0 amide bonds. The molecule has 0 saturated carbocycles. The van der Waals surface area contributed by atoms with Crippen molar-refractivity contribution in [2.75, 3.05) is 0 Å². The molecule has 0 bridgehead atoms. The first kappa shape index (κ1) is 9.89. The van der Waals surface area contributed by atoms with Crippen molar-refractivity contribution in [2.45, 2.75) is 0 Å². The van der Waals surface area contributed by atoms with E-state index < -0.39 is 0 Å². The van der Waals surface area contributed by atoms with Crippen molar-refractivity contribution in [3.63, 3.8) is 0 Å². The molecule has 3 nitrogen and oxygen atoms in total. The highest BCUT2D eigenvalue weighted by Crippen LogP contribution is 1.98. The zero-order chi connectivity index (χ0) is 11.2. The smallest absolute Gasteiger partial charge is 0.113 e. The van der Waals surface area contributed by atoms with Crippen molar-refractivity contribution in [1.82, 2.24) is 9.97 Å². The SMILES string of the molecule is N#Cc1ccc(C#Cc2ccncc2)nc1. The Morgan fingerprint density at radius 3 is 2.38 bits per heavy atom. The summed E-state index contributed by atoms with van der Waals surface area (Å²) in [6, 6.07) is 9.10. The van der Waals surface area contributed by atoms with Gasteiger partial charge in [0.25, 0.3) is 0 Å². The van der Waals surface area contributed by atoms with Gasteiger partial charge < -0.3 is 0 Å². The number of hydrogen-bond donors (Lipinski definition) is 0. The highest BCUT2D eigenvalue weighted by atomic mass is 14.7. The fourth-order valence-electron chi connectivity index (χ4n) is 1.11. The van der Waals surface area contributed by atoms with Gasteiger partial charge >= 0.3 is 0 Å². The number of aromatic nitrogens is 2. The van der Waals surface area contributed by atoms with Crippen LogP contribution in [-0.2, 0) is 0 Å². The number of nitriles is 1. The minimum absolute atomic E-state index is 0.537. The zero-order valence-corrected chi connectivity index (χ0v) is 8.38. The number of pyridine rings is 2. The van der Waals surface area contributed by atoms with Crippen molar-refractivity contribution in [3.05, 3.63) is 59.7 Å². The third-order valence-electron chi connectivity index (χ3n) is 1.91. The van der Waals surface area contributed by atoms with Crippen LogP contribution >= 0.6 is 0 Å². The van der Waals surface area contributed by atoms with Gasteiger partial charge in [-0.15, -0.1) is 0 Å². The largest absolute Gasteiger partial charge is 0.265 e. The molecule has 2 heterocycles. The van der Waals surface area contributed by atoms with E-state index in [0.29, 0.717) is 11.3 Å². The summed E-state index contributed by atoms with van der Waals surface area (Å²) in [6.45, 7) is 0. The highest BCUT2D eigenvalue weighted by molar-refractivity contribution is 5.40. The molecule has 0 N–H and O–H groups in total. The third-order valence-corrected chi connectivity index (χ3v) is 1.91. The quantitative estimate of drug-likeness (QED) is 0.615. The maximum absolute atomic E-state index is 8.60. The molecule has 0 fully saturated rings. The topological polar surface area (TPSA) is 49.6 Å². The summed E-state index contributed by atoms with van der Waals surface area (Å²) in [4.78, 5) is 7.96. The minimum Gasteiger partial charge on any atom is -0.265 e. The summed E-state index contributed by atoms with van der Waals surface area (Å²) >= 11 is 0. The third kappa shape index (κ3) is 2.43. The first-order chi connectivity index (χ1) is 7.88. The summed E-state index contributed by atoms with van der Waals surface area (Å²) in [6.07, 6.45) is 4.89. The molecule has 0 saturated heterocycles. The van der Waals surface area contributed by atoms with E-state index in [-0.39, 0.29) is 0 Å². The van der Waals surface area contributed by atoms with Crippen LogP contribution < -0.4 is 0 Å². The van der Waals surface area contributed by atoms with Crippen LogP contribution in [0, 0.1) is 23.2 Å². The Bertz CT molecular complexity index is 569. The average molecular weight is 205 g/mol. The molecule has 0 atom stereocenters. The molecule has 2 aromatic heterocycles. The molecular weight excluding hydrogens is 198 g/mol. The zero-order valence-electron chi connectivity index (χ0n) is 8.38. The lowest BCUT2D eigenvalue weighted by Gasteiger charge is -1.89. The van der Waals surface area contributed by atoms with Crippen molar-refractivity contribution >= 4 is 0 Å².